The predicted octanol–water partition coefficient (Wildman–Crippen LogP) is 2.45. The number of ether oxygens (including phenoxy) is 1. The maximum absolute atomic E-state index is 12.2. The molecule has 0 aliphatic rings. The largest absolute Gasteiger partial charge is 0.378 e. The Hall–Kier alpha value is -2.40. The summed E-state index contributed by atoms with van der Waals surface area (Å²) in [4.78, 5) is 16.7. The maximum Gasteiger partial charge on any atom is 0.273 e. The third kappa shape index (κ3) is 2.36. The van der Waals surface area contributed by atoms with Crippen molar-refractivity contribution in [2.45, 2.75) is 20.5 Å². The summed E-state index contributed by atoms with van der Waals surface area (Å²) < 4.78 is 6.55. The fraction of sp³-hybridized carbons (Fsp3) is 0.250. The molecule has 2 aromatic heterocycles. The van der Waals surface area contributed by atoms with Gasteiger partial charge >= 0.3 is 0 Å². The molecule has 1 aromatic carbocycles. The summed E-state index contributed by atoms with van der Waals surface area (Å²) >= 11 is 0. The first-order valence-electron chi connectivity index (χ1n) is 6.77. The Kier molecular flexibility index (Phi) is 3.35. The number of hydrogen-bond donors (Lipinski definition) is 1. The summed E-state index contributed by atoms with van der Waals surface area (Å²) in [5.74, 6) is 0. The highest BCUT2D eigenvalue weighted by Gasteiger charge is 2.14. The van der Waals surface area contributed by atoms with E-state index in [0.29, 0.717) is 17.9 Å². The van der Waals surface area contributed by atoms with E-state index >= 15 is 0 Å². The van der Waals surface area contributed by atoms with E-state index in [1.54, 1.807) is 7.11 Å². The Labute approximate surface area is 122 Å². The lowest BCUT2D eigenvalue weighted by Gasteiger charge is -2.03. The molecule has 2 heterocycles. The molecule has 0 unspecified atom stereocenters. The van der Waals surface area contributed by atoms with E-state index in [1.165, 1.54) is 16.1 Å². The van der Waals surface area contributed by atoms with Crippen molar-refractivity contribution in [3.05, 3.63) is 57.6 Å². The molecule has 5 nitrogen and oxygen atoms in total. The van der Waals surface area contributed by atoms with E-state index in [0.717, 1.165) is 16.8 Å². The molecular formula is C16H17N3O2. The van der Waals surface area contributed by atoms with Crippen LogP contribution in [0.15, 0.2) is 35.1 Å². The van der Waals surface area contributed by atoms with E-state index in [4.69, 9.17) is 4.74 Å². The second-order valence-corrected chi connectivity index (χ2v) is 5.16. The number of nitrogens with one attached hydrogen (secondary N) is 1. The molecule has 3 rings (SSSR count). The molecule has 1 N–H and O–H groups in total. The fourth-order valence-corrected chi connectivity index (χ4v) is 2.48. The standard InChI is InChI=1S/C16H17N3O2/c1-10-4-6-12(7-5-10)15-11(2)18-19-14(20)8-13(9-21-3)17-16(15)19/h4-8,18H,9H2,1-3H3. The lowest BCUT2D eigenvalue weighted by atomic mass is 10.0. The SMILES string of the molecule is COCc1cc(=O)n2[nH]c(C)c(-c3ccc(C)cc3)c2n1. The van der Waals surface area contributed by atoms with Gasteiger partial charge in [-0.15, -0.1) is 0 Å². The molecule has 0 saturated heterocycles. The number of H-pyrrole nitrogens is 1. The van der Waals surface area contributed by atoms with E-state index in [1.807, 2.05) is 26.0 Å². The fourth-order valence-electron chi connectivity index (χ4n) is 2.48. The summed E-state index contributed by atoms with van der Waals surface area (Å²) in [5.41, 5.74) is 5.24. The first-order valence-corrected chi connectivity index (χ1v) is 6.77. The van der Waals surface area contributed by atoms with E-state index < -0.39 is 0 Å². The number of aromatic amines is 1. The van der Waals surface area contributed by atoms with E-state index in [9.17, 15) is 4.79 Å². The van der Waals surface area contributed by atoms with Crippen molar-refractivity contribution in [3.8, 4) is 11.1 Å². The third-order valence-electron chi connectivity index (χ3n) is 3.48. The molecule has 0 aliphatic heterocycles. The summed E-state index contributed by atoms with van der Waals surface area (Å²) in [6.45, 7) is 4.31. The highest BCUT2D eigenvalue weighted by Crippen LogP contribution is 2.26. The number of hydrogen-bond acceptors (Lipinski definition) is 3. The molecule has 108 valence electrons. The average molecular weight is 283 g/mol. The molecule has 0 saturated carbocycles. The molecule has 0 aliphatic carbocycles. The van der Waals surface area contributed by atoms with Crippen LogP contribution < -0.4 is 5.56 Å². The Morgan fingerprint density at radius 1 is 1.24 bits per heavy atom. The van der Waals surface area contributed by atoms with Crippen molar-refractivity contribution in [2.75, 3.05) is 7.11 Å². The lowest BCUT2D eigenvalue weighted by Crippen LogP contribution is -2.15. The number of methoxy groups -OCH3 is 1. The highest BCUT2D eigenvalue weighted by atomic mass is 16.5. The molecule has 21 heavy (non-hydrogen) atoms. The molecule has 5 heteroatoms. The minimum Gasteiger partial charge on any atom is -0.378 e. The predicted molar refractivity (Wildman–Crippen MR) is 81.4 cm³/mol. The number of aromatic nitrogens is 3. The van der Waals surface area contributed by atoms with Crippen LogP contribution in [0.5, 0.6) is 0 Å². The van der Waals surface area contributed by atoms with Gasteiger partial charge in [0.15, 0.2) is 5.65 Å². The lowest BCUT2D eigenvalue weighted by molar-refractivity contribution is 0.181. The van der Waals surface area contributed by atoms with Crippen LogP contribution in [-0.4, -0.2) is 21.7 Å². The van der Waals surface area contributed by atoms with Crippen molar-refractivity contribution in [1.82, 2.24) is 14.6 Å². The smallest absolute Gasteiger partial charge is 0.273 e. The molecule has 0 radical (unpaired) electrons. The van der Waals surface area contributed by atoms with Crippen LogP contribution >= 0.6 is 0 Å². The topological polar surface area (TPSA) is 59.4 Å². The Morgan fingerprint density at radius 2 is 1.95 bits per heavy atom. The van der Waals surface area contributed by atoms with Crippen LogP contribution in [-0.2, 0) is 11.3 Å². The average Bonchev–Trinajstić information content (AvgIpc) is 2.77. The minimum atomic E-state index is -0.131. The minimum absolute atomic E-state index is 0.131. The molecule has 3 aromatic rings. The summed E-state index contributed by atoms with van der Waals surface area (Å²) in [6.07, 6.45) is 0. The summed E-state index contributed by atoms with van der Waals surface area (Å²) in [7, 11) is 1.59. The molecule has 0 amide bonds. The number of nitrogens with zero attached hydrogens (tertiary/aromatic N) is 2. The normalized spacial score (nSPS) is 11.2. The Balaban J connectivity index is 2.28. The van der Waals surface area contributed by atoms with Gasteiger partial charge in [0, 0.05) is 24.4 Å². The molecule has 0 bridgehead atoms. The van der Waals surface area contributed by atoms with E-state index in [2.05, 4.69) is 22.2 Å². The van der Waals surface area contributed by atoms with Crippen LogP contribution in [0, 0.1) is 13.8 Å². The van der Waals surface area contributed by atoms with Crippen molar-refractivity contribution in [2.24, 2.45) is 0 Å². The summed E-state index contributed by atoms with van der Waals surface area (Å²) in [6, 6.07) is 9.68. The van der Waals surface area contributed by atoms with E-state index in [-0.39, 0.29) is 5.56 Å². The first-order chi connectivity index (χ1) is 10.1. The molecular weight excluding hydrogens is 266 g/mol. The number of aryl methyl sites for hydroxylation is 2. The van der Waals surface area contributed by atoms with Gasteiger partial charge in [-0.3, -0.25) is 9.89 Å². The zero-order valence-electron chi connectivity index (χ0n) is 12.3. The summed E-state index contributed by atoms with van der Waals surface area (Å²) in [5, 5.41) is 3.08. The van der Waals surface area contributed by atoms with Crippen LogP contribution in [0.1, 0.15) is 17.0 Å². The zero-order valence-corrected chi connectivity index (χ0v) is 12.3. The van der Waals surface area contributed by atoms with Crippen molar-refractivity contribution < 1.29 is 4.74 Å². The van der Waals surface area contributed by atoms with Gasteiger partial charge in [-0.2, -0.15) is 0 Å². The van der Waals surface area contributed by atoms with Crippen molar-refractivity contribution in [1.29, 1.82) is 0 Å². The zero-order chi connectivity index (χ0) is 15.0. The van der Waals surface area contributed by atoms with Gasteiger partial charge in [0.05, 0.1) is 12.3 Å². The van der Waals surface area contributed by atoms with Gasteiger partial charge < -0.3 is 4.74 Å². The number of benzene rings is 1. The van der Waals surface area contributed by atoms with Gasteiger partial charge in [0.25, 0.3) is 5.56 Å². The van der Waals surface area contributed by atoms with Crippen LogP contribution in [0.2, 0.25) is 0 Å². The molecule has 0 fully saturated rings. The quantitative estimate of drug-likeness (QED) is 0.803. The third-order valence-corrected chi connectivity index (χ3v) is 3.48. The van der Waals surface area contributed by atoms with Crippen LogP contribution in [0.3, 0.4) is 0 Å². The monoisotopic (exact) mass is 283 g/mol. The van der Waals surface area contributed by atoms with Gasteiger partial charge in [0.1, 0.15) is 0 Å². The van der Waals surface area contributed by atoms with Gasteiger partial charge in [-0.1, -0.05) is 29.8 Å². The number of fused-ring (bicyclic) bond motifs is 1. The Bertz CT molecular complexity index is 844. The first kappa shape index (κ1) is 13.6. The second kappa shape index (κ2) is 5.18. The Morgan fingerprint density at radius 3 is 2.62 bits per heavy atom. The maximum atomic E-state index is 12.2. The number of rotatable bonds is 3. The van der Waals surface area contributed by atoms with Crippen molar-refractivity contribution >= 4 is 5.65 Å². The van der Waals surface area contributed by atoms with Crippen LogP contribution in [0.25, 0.3) is 16.8 Å². The molecule has 0 spiro atoms. The van der Waals surface area contributed by atoms with Crippen LogP contribution in [0.4, 0.5) is 0 Å². The van der Waals surface area contributed by atoms with Gasteiger partial charge in [0.2, 0.25) is 0 Å². The molecule has 0 atom stereocenters. The van der Waals surface area contributed by atoms with Gasteiger partial charge in [-0.05, 0) is 19.4 Å². The second-order valence-electron chi connectivity index (χ2n) is 5.16. The van der Waals surface area contributed by atoms with Crippen molar-refractivity contribution in [3.63, 3.8) is 0 Å². The highest BCUT2D eigenvalue weighted by molar-refractivity contribution is 5.79. The van der Waals surface area contributed by atoms with Gasteiger partial charge in [-0.25, -0.2) is 9.50 Å².